The van der Waals surface area contributed by atoms with Gasteiger partial charge in [0.15, 0.2) is 0 Å². The van der Waals surface area contributed by atoms with Gasteiger partial charge in [-0.05, 0) is 54.8 Å². The van der Waals surface area contributed by atoms with Gasteiger partial charge >= 0.3 is 0 Å². The van der Waals surface area contributed by atoms with Crippen LogP contribution in [-0.4, -0.2) is 35.5 Å². The lowest BCUT2D eigenvalue weighted by Gasteiger charge is -2.36. The summed E-state index contributed by atoms with van der Waals surface area (Å²) in [4.78, 5) is 19.8. The number of aryl methyl sites for hydroxylation is 1. The highest BCUT2D eigenvalue weighted by atomic mass is 19.1. The summed E-state index contributed by atoms with van der Waals surface area (Å²) in [6.45, 7) is 5.44. The van der Waals surface area contributed by atoms with Gasteiger partial charge in [-0.3, -0.25) is 4.79 Å². The highest BCUT2D eigenvalue weighted by Crippen LogP contribution is 2.38. The zero-order valence-electron chi connectivity index (χ0n) is 17.5. The summed E-state index contributed by atoms with van der Waals surface area (Å²) >= 11 is 0. The maximum atomic E-state index is 13.8. The van der Waals surface area contributed by atoms with E-state index in [0.29, 0.717) is 43.3 Å². The molecular weight excluding hydrogens is 397 g/mol. The first kappa shape index (κ1) is 19.9. The highest BCUT2D eigenvalue weighted by Gasteiger charge is 2.31. The molecule has 0 unspecified atom stereocenters. The standard InChI is InChI=1S/C24H24FN3O3/c1-13-9-15(3-5-19(13)25)21-12-30-8-7-28(21)24(29)16-4-6-20-17(10-16)18-11-31-14(2)22(18)23(26)27-20/h3-6,9-10,14,21H,7-8,11-12H2,1-2H3,(H2,26,27)/t14-,21-/m1/s1. The van der Waals surface area contributed by atoms with Gasteiger partial charge in [0.2, 0.25) is 0 Å². The van der Waals surface area contributed by atoms with Crippen molar-refractivity contribution >= 4 is 22.6 Å². The monoisotopic (exact) mass is 421 g/mol. The quantitative estimate of drug-likeness (QED) is 0.675. The van der Waals surface area contributed by atoms with Crippen LogP contribution in [0.5, 0.6) is 0 Å². The first-order chi connectivity index (χ1) is 14.9. The van der Waals surface area contributed by atoms with Crippen molar-refractivity contribution in [1.29, 1.82) is 0 Å². The van der Waals surface area contributed by atoms with Crippen molar-refractivity contribution in [2.24, 2.45) is 0 Å². The number of carbonyl (C=O) groups excluding carboxylic acids is 1. The van der Waals surface area contributed by atoms with Gasteiger partial charge in [0.25, 0.3) is 5.91 Å². The van der Waals surface area contributed by atoms with E-state index in [9.17, 15) is 9.18 Å². The van der Waals surface area contributed by atoms with E-state index in [1.54, 1.807) is 30.0 Å². The Morgan fingerprint density at radius 2 is 2.10 bits per heavy atom. The van der Waals surface area contributed by atoms with E-state index in [1.165, 1.54) is 6.07 Å². The molecule has 0 saturated carbocycles. The minimum absolute atomic E-state index is 0.0882. The topological polar surface area (TPSA) is 77.7 Å². The number of morpholine rings is 1. The molecule has 2 N–H and O–H groups in total. The average Bonchev–Trinajstić information content (AvgIpc) is 3.17. The van der Waals surface area contributed by atoms with Gasteiger partial charge in [-0.1, -0.05) is 12.1 Å². The molecule has 0 bridgehead atoms. The van der Waals surface area contributed by atoms with Crippen molar-refractivity contribution in [2.45, 2.75) is 32.6 Å². The van der Waals surface area contributed by atoms with Gasteiger partial charge < -0.3 is 20.1 Å². The fourth-order valence-corrected chi connectivity index (χ4v) is 4.56. The number of hydrogen-bond acceptors (Lipinski definition) is 5. The molecule has 0 spiro atoms. The van der Waals surface area contributed by atoms with Crippen LogP contribution in [0.4, 0.5) is 10.2 Å². The molecule has 160 valence electrons. The molecule has 3 heterocycles. The molecule has 2 aromatic carbocycles. The van der Waals surface area contributed by atoms with E-state index in [-0.39, 0.29) is 23.9 Å². The number of halogens is 1. The van der Waals surface area contributed by atoms with E-state index >= 15 is 0 Å². The molecular formula is C24H24FN3O3. The second-order valence-corrected chi connectivity index (χ2v) is 8.17. The van der Waals surface area contributed by atoms with Crippen molar-refractivity contribution in [3.8, 4) is 0 Å². The minimum Gasteiger partial charge on any atom is -0.383 e. The van der Waals surface area contributed by atoms with Crippen molar-refractivity contribution in [1.82, 2.24) is 9.88 Å². The average molecular weight is 421 g/mol. The molecule has 5 rings (SSSR count). The second kappa shape index (κ2) is 7.59. The largest absolute Gasteiger partial charge is 0.383 e. The molecule has 1 aromatic heterocycles. The SMILES string of the molecule is Cc1cc([C@H]2COCCN2C(=O)c2ccc3nc(N)c4c(c3c2)CO[C@@H]4C)ccc1F. The van der Waals surface area contributed by atoms with E-state index in [4.69, 9.17) is 15.2 Å². The van der Waals surface area contributed by atoms with Crippen LogP contribution in [0.15, 0.2) is 36.4 Å². The Balaban J connectivity index is 1.53. The molecule has 6 nitrogen and oxygen atoms in total. The van der Waals surface area contributed by atoms with Crippen molar-refractivity contribution in [3.63, 3.8) is 0 Å². The Morgan fingerprint density at radius 3 is 2.90 bits per heavy atom. The van der Waals surface area contributed by atoms with Crippen LogP contribution in [-0.2, 0) is 16.1 Å². The summed E-state index contributed by atoms with van der Waals surface area (Å²) in [7, 11) is 0. The molecule has 0 aliphatic carbocycles. The predicted octanol–water partition coefficient (Wildman–Crippen LogP) is 4.07. The molecule has 1 amide bonds. The molecule has 1 saturated heterocycles. The number of pyridine rings is 1. The number of nitrogens with two attached hydrogens (primary N) is 1. The van der Waals surface area contributed by atoms with Gasteiger partial charge in [0.1, 0.15) is 11.6 Å². The summed E-state index contributed by atoms with van der Waals surface area (Å²) in [5.41, 5.74) is 10.8. The number of benzene rings is 2. The molecule has 1 fully saturated rings. The Bertz CT molecular complexity index is 1200. The summed E-state index contributed by atoms with van der Waals surface area (Å²) in [6, 6.07) is 10.2. The Labute approximate surface area is 179 Å². The van der Waals surface area contributed by atoms with E-state index in [1.807, 2.05) is 19.1 Å². The lowest BCUT2D eigenvalue weighted by Crippen LogP contribution is -2.43. The van der Waals surface area contributed by atoms with Gasteiger partial charge in [0.05, 0.1) is 37.5 Å². The molecule has 3 aromatic rings. The number of amides is 1. The molecule has 31 heavy (non-hydrogen) atoms. The number of fused-ring (bicyclic) bond motifs is 3. The summed E-state index contributed by atoms with van der Waals surface area (Å²) in [5, 5.41) is 0.891. The van der Waals surface area contributed by atoms with Gasteiger partial charge in [-0.25, -0.2) is 9.37 Å². The van der Waals surface area contributed by atoms with E-state index < -0.39 is 0 Å². The van der Waals surface area contributed by atoms with Crippen molar-refractivity contribution < 1.29 is 18.7 Å². The smallest absolute Gasteiger partial charge is 0.254 e. The van der Waals surface area contributed by atoms with Crippen molar-refractivity contribution in [3.05, 3.63) is 70.0 Å². The van der Waals surface area contributed by atoms with Crippen molar-refractivity contribution in [2.75, 3.05) is 25.5 Å². The number of ether oxygens (including phenoxy) is 2. The zero-order chi connectivity index (χ0) is 21.7. The number of nitrogens with zero attached hydrogens (tertiary/aromatic N) is 2. The highest BCUT2D eigenvalue weighted by molar-refractivity contribution is 5.99. The number of aromatic nitrogens is 1. The third-order valence-electron chi connectivity index (χ3n) is 6.25. The van der Waals surface area contributed by atoms with Gasteiger partial charge in [0, 0.05) is 23.1 Å². The summed E-state index contributed by atoms with van der Waals surface area (Å²) in [6.07, 6.45) is -0.114. The van der Waals surface area contributed by atoms with Gasteiger partial charge in [-0.2, -0.15) is 0 Å². The molecule has 0 radical (unpaired) electrons. The first-order valence-corrected chi connectivity index (χ1v) is 10.4. The third kappa shape index (κ3) is 3.34. The molecule has 2 atom stereocenters. The van der Waals surface area contributed by atoms with Crippen LogP contribution in [0, 0.1) is 12.7 Å². The number of rotatable bonds is 2. The number of nitrogen functional groups attached to an aromatic ring is 1. The second-order valence-electron chi connectivity index (χ2n) is 8.17. The van der Waals surface area contributed by atoms with Crippen LogP contribution < -0.4 is 5.73 Å². The lowest BCUT2D eigenvalue weighted by molar-refractivity contribution is -0.00271. The summed E-state index contributed by atoms with van der Waals surface area (Å²) in [5.74, 6) is 0.131. The fraction of sp³-hybridized carbons (Fsp3) is 0.333. The lowest BCUT2D eigenvalue weighted by atomic mass is 9.98. The van der Waals surface area contributed by atoms with Crippen LogP contribution >= 0.6 is 0 Å². The van der Waals surface area contributed by atoms with E-state index in [0.717, 1.165) is 27.6 Å². The summed E-state index contributed by atoms with van der Waals surface area (Å²) < 4.78 is 25.2. The van der Waals surface area contributed by atoms with E-state index in [2.05, 4.69) is 4.98 Å². The molecule has 7 heteroatoms. The van der Waals surface area contributed by atoms with Crippen LogP contribution in [0.2, 0.25) is 0 Å². The number of carbonyl (C=O) groups is 1. The normalized spacial score (nSPS) is 20.8. The van der Waals surface area contributed by atoms with Gasteiger partial charge in [-0.15, -0.1) is 0 Å². The third-order valence-corrected chi connectivity index (χ3v) is 6.25. The predicted molar refractivity (Wildman–Crippen MR) is 115 cm³/mol. The zero-order valence-corrected chi connectivity index (χ0v) is 17.5. The fourth-order valence-electron chi connectivity index (χ4n) is 4.56. The molecule has 2 aliphatic rings. The Kier molecular flexibility index (Phi) is 4.87. The van der Waals surface area contributed by atoms with Crippen LogP contribution in [0.25, 0.3) is 10.9 Å². The maximum absolute atomic E-state index is 13.8. The number of hydrogen-bond donors (Lipinski definition) is 1. The first-order valence-electron chi connectivity index (χ1n) is 10.4. The van der Waals surface area contributed by atoms with Crippen LogP contribution in [0.1, 0.15) is 51.7 Å². The molecule has 2 aliphatic heterocycles. The van der Waals surface area contributed by atoms with Crippen LogP contribution in [0.3, 0.4) is 0 Å². The minimum atomic E-state index is -0.269. The Hall–Kier alpha value is -3.03. The number of anilines is 1. The maximum Gasteiger partial charge on any atom is 0.254 e. The Morgan fingerprint density at radius 1 is 1.26 bits per heavy atom.